The Balaban J connectivity index is 1.45. The van der Waals surface area contributed by atoms with Gasteiger partial charge in [-0.3, -0.25) is 9.59 Å². The third kappa shape index (κ3) is 3.23. The Kier molecular flexibility index (Phi) is 4.98. The van der Waals surface area contributed by atoms with Crippen molar-refractivity contribution in [1.29, 1.82) is 0 Å². The van der Waals surface area contributed by atoms with Gasteiger partial charge < -0.3 is 19.5 Å². The molecule has 28 heavy (non-hydrogen) atoms. The van der Waals surface area contributed by atoms with Crippen molar-refractivity contribution in [3.63, 3.8) is 0 Å². The van der Waals surface area contributed by atoms with Gasteiger partial charge in [-0.05, 0) is 68.4 Å². The predicted molar refractivity (Wildman–Crippen MR) is 104 cm³/mol. The highest BCUT2D eigenvalue weighted by molar-refractivity contribution is 6.01. The standard InChI is InChI=1S/C22H29NO5/c1-26-18-7-16(8-19(27-2)20(18)28-3)17(24)12-23-21(25)22-9-13-4-14(10-22)6-15(5-13)11-22/h7-8,13-15H,4-6,9-12H2,1-3H3,(H,23,25). The summed E-state index contributed by atoms with van der Waals surface area (Å²) < 4.78 is 15.9. The molecule has 0 unspecified atom stereocenters. The lowest BCUT2D eigenvalue weighted by Crippen LogP contribution is -2.54. The van der Waals surface area contributed by atoms with Crippen LogP contribution in [0.4, 0.5) is 0 Å². The molecule has 4 bridgehead atoms. The fourth-order valence-electron chi connectivity index (χ4n) is 6.08. The van der Waals surface area contributed by atoms with Crippen LogP contribution >= 0.6 is 0 Å². The minimum Gasteiger partial charge on any atom is -0.493 e. The van der Waals surface area contributed by atoms with E-state index in [0.717, 1.165) is 19.3 Å². The van der Waals surface area contributed by atoms with E-state index in [1.54, 1.807) is 12.1 Å². The van der Waals surface area contributed by atoms with Gasteiger partial charge in [-0.2, -0.15) is 0 Å². The molecule has 4 aliphatic rings. The molecule has 4 saturated carbocycles. The van der Waals surface area contributed by atoms with Gasteiger partial charge in [0.1, 0.15) is 0 Å². The first-order valence-corrected chi connectivity index (χ1v) is 10.1. The van der Waals surface area contributed by atoms with E-state index in [0.29, 0.717) is 40.6 Å². The summed E-state index contributed by atoms with van der Waals surface area (Å²) in [6, 6.07) is 3.25. The molecule has 1 amide bonds. The molecular weight excluding hydrogens is 358 g/mol. The zero-order valence-electron chi connectivity index (χ0n) is 16.9. The topological polar surface area (TPSA) is 73.9 Å². The average molecular weight is 387 g/mol. The Labute approximate surface area is 165 Å². The number of Topliss-reactive ketones (excluding diaryl/α,β-unsaturated/α-hetero) is 1. The Bertz CT molecular complexity index is 727. The zero-order valence-corrected chi connectivity index (χ0v) is 16.9. The summed E-state index contributed by atoms with van der Waals surface area (Å²) in [4.78, 5) is 25.8. The highest BCUT2D eigenvalue weighted by Crippen LogP contribution is 2.60. The lowest BCUT2D eigenvalue weighted by Gasteiger charge is -2.55. The number of hydrogen-bond acceptors (Lipinski definition) is 5. The number of ether oxygens (including phenoxy) is 3. The number of carbonyl (C=O) groups excluding carboxylic acids is 2. The van der Waals surface area contributed by atoms with E-state index in [1.165, 1.54) is 40.6 Å². The fraction of sp³-hybridized carbons (Fsp3) is 0.636. The molecule has 152 valence electrons. The molecule has 6 nitrogen and oxygen atoms in total. The van der Waals surface area contributed by atoms with Gasteiger partial charge >= 0.3 is 0 Å². The minimum absolute atomic E-state index is 0.0147. The molecule has 0 spiro atoms. The van der Waals surface area contributed by atoms with Crippen molar-refractivity contribution >= 4 is 11.7 Å². The summed E-state index contributed by atoms with van der Waals surface area (Å²) in [5, 5.41) is 2.94. The summed E-state index contributed by atoms with van der Waals surface area (Å²) in [5.74, 6) is 3.28. The number of methoxy groups -OCH3 is 3. The number of nitrogens with one attached hydrogen (secondary N) is 1. The van der Waals surface area contributed by atoms with Crippen LogP contribution in [0.3, 0.4) is 0 Å². The van der Waals surface area contributed by atoms with Crippen molar-refractivity contribution in [3.8, 4) is 17.2 Å². The van der Waals surface area contributed by atoms with E-state index < -0.39 is 0 Å². The van der Waals surface area contributed by atoms with Gasteiger partial charge in [0.2, 0.25) is 11.7 Å². The van der Waals surface area contributed by atoms with Crippen molar-refractivity contribution in [2.24, 2.45) is 23.2 Å². The van der Waals surface area contributed by atoms with Gasteiger partial charge in [0.05, 0.1) is 27.9 Å². The fourth-order valence-corrected chi connectivity index (χ4v) is 6.08. The minimum atomic E-state index is -0.246. The van der Waals surface area contributed by atoms with Crippen LogP contribution in [0.15, 0.2) is 12.1 Å². The maximum atomic E-state index is 13.0. The number of amides is 1. The van der Waals surface area contributed by atoms with Crippen LogP contribution in [-0.2, 0) is 4.79 Å². The third-order valence-corrected chi connectivity index (χ3v) is 6.92. The van der Waals surface area contributed by atoms with Crippen LogP contribution in [0.25, 0.3) is 0 Å². The Morgan fingerprint density at radius 3 is 1.86 bits per heavy atom. The second-order valence-corrected chi connectivity index (χ2v) is 8.72. The Morgan fingerprint density at radius 1 is 0.929 bits per heavy atom. The molecule has 0 aliphatic heterocycles. The van der Waals surface area contributed by atoms with Crippen LogP contribution in [0, 0.1) is 23.2 Å². The summed E-state index contributed by atoms with van der Waals surface area (Å²) in [7, 11) is 4.55. The van der Waals surface area contributed by atoms with E-state index in [9.17, 15) is 9.59 Å². The van der Waals surface area contributed by atoms with Gasteiger partial charge in [-0.1, -0.05) is 0 Å². The lowest BCUT2D eigenvalue weighted by molar-refractivity contribution is -0.146. The molecule has 1 N–H and O–H groups in total. The Hall–Kier alpha value is -2.24. The molecule has 1 aromatic rings. The van der Waals surface area contributed by atoms with Crippen LogP contribution in [0.2, 0.25) is 0 Å². The highest BCUT2D eigenvalue weighted by atomic mass is 16.5. The van der Waals surface area contributed by atoms with Crippen LogP contribution in [-0.4, -0.2) is 39.6 Å². The SMILES string of the molecule is COc1cc(C(=O)CNC(=O)C23CC4CC(CC(C4)C2)C3)cc(OC)c1OC. The quantitative estimate of drug-likeness (QED) is 0.727. The summed E-state index contributed by atoms with van der Waals surface area (Å²) >= 11 is 0. The van der Waals surface area contributed by atoms with E-state index >= 15 is 0 Å². The van der Waals surface area contributed by atoms with Gasteiger partial charge in [-0.25, -0.2) is 0 Å². The lowest BCUT2D eigenvalue weighted by atomic mass is 9.49. The highest BCUT2D eigenvalue weighted by Gasteiger charge is 2.54. The third-order valence-electron chi connectivity index (χ3n) is 6.92. The van der Waals surface area contributed by atoms with E-state index in [1.807, 2.05) is 0 Å². The molecule has 5 rings (SSSR count). The molecule has 6 heteroatoms. The van der Waals surface area contributed by atoms with Gasteiger partial charge in [0.25, 0.3) is 0 Å². The number of hydrogen-bond donors (Lipinski definition) is 1. The molecule has 0 radical (unpaired) electrons. The smallest absolute Gasteiger partial charge is 0.226 e. The zero-order chi connectivity index (χ0) is 19.9. The van der Waals surface area contributed by atoms with Crippen molar-refractivity contribution < 1.29 is 23.8 Å². The molecule has 0 atom stereocenters. The summed E-state index contributed by atoms with van der Waals surface area (Å²) in [5.41, 5.74) is 0.185. The van der Waals surface area contributed by atoms with Crippen molar-refractivity contribution in [2.45, 2.75) is 38.5 Å². The number of rotatable bonds is 7. The van der Waals surface area contributed by atoms with Crippen LogP contribution in [0.5, 0.6) is 17.2 Å². The average Bonchev–Trinajstić information content (AvgIpc) is 2.69. The first-order chi connectivity index (χ1) is 13.5. The molecule has 4 fully saturated rings. The predicted octanol–water partition coefficient (Wildman–Crippen LogP) is 3.23. The number of benzene rings is 1. The van der Waals surface area contributed by atoms with Gasteiger partial charge in [0.15, 0.2) is 17.3 Å². The number of carbonyl (C=O) groups is 2. The second-order valence-electron chi connectivity index (χ2n) is 8.72. The summed E-state index contributed by atoms with van der Waals surface area (Å²) in [6.45, 7) is -0.0147. The van der Waals surface area contributed by atoms with Crippen LogP contribution in [0.1, 0.15) is 48.9 Å². The van der Waals surface area contributed by atoms with E-state index in [4.69, 9.17) is 14.2 Å². The van der Waals surface area contributed by atoms with E-state index in [2.05, 4.69) is 5.32 Å². The largest absolute Gasteiger partial charge is 0.493 e. The maximum absolute atomic E-state index is 13.0. The molecule has 4 aliphatic carbocycles. The molecule has 0 saturated heterocycles. The monoisotopic (exact) mass is 387 g/mol. The molecule has 0 aromatic heterocycles. The van der Waals surface area contributed by atoms with Crippen LogP contribution < -0.4 is 19.5 Å². The normalized spacial score (nSPS) is 30.0. The van der Waals surface area contributed by atoms with Crippen molar-refractivity contribution in [2.75, 3.05) is 27.9 Å². The van der Waals surface area contributed by atoms with Gasteiger partial charge in [-0.15, -0.1) is 0 Å². The second kappa shape index (κ2) is 7.30. The van der Waals surface area contributed by atoms with Gasteiger partial charge in [0, 0.05) is 11.0 Å². The first-order valence-electron chi connectivity index (χ1n) is 10.1. The molecule has 1 aromatic carbocycles. The molecular formula is C22H29NO5. The summed E-state index contributed by atoms with van der Waals surface area (Å²) in [6.07, 6.45) is 6.83. The number of ketones is 1. The Morgan fingerprint density at radius 2 is 1.43 bits per heavy atom. The van der Waals surface area contributed by atoms with Crippen molar-refractivity contribution in [3.05, 3.63) is 17.7 Å². The molecule has 0 heterocycles. The maximum Gasteiger partial charge on any atom is 0.226 e. The first kappa shape index (κ1) is 19.1. The van der Waals surface area contributed by atoms with Crippen molar-refractivity contribution in [1.82, 2.24) is 5.32 Å². The van der Waals surface area contributed by atoms with E-state index in [-0.39, 0.29) is 23.7 Å².